The molecule has 0 bridgehead atoms. The zero-order chi connectivity index (χ0) is 21.1. The number of hydrogen-bond acceptors (Lipinski definition) is 6. The molecule has 0 fully saturated rings. The molecule has 4 aromatic rings. The van der Waals surface area contributed by atoms with Crippen molar-refractivity contribution in [1.82, 2.24) is 14.8 Å². The molecule has 0 spiro atoms. The van der Waals surface area contributed by atoms with Crippen molar-refractivity contribution in [2.24, 2.45) is 0 Å². The smallest absolute Gasteiger partial charge is 0.378 e. The van der Waals surface area contributed by atoms with E-state index in [2.05, 4.69) is 10.1 Å². The molecule has 0 saturated heterocycles. The molecule has 0 atom stereocenters. The van der Waals surface area contributed by atoms with Gasteiger partial charge in [0.25, 0.3) is 5.82 Å². The molecule has 2 aromatic heterocycles. The summed E-state index contributed by atoms with van der Waals surface area (Å²) in [6, 6.07) is 15.2. The third-order valence-corrected chi connectivity index (χ3v) is 4.96. The van der Waals surface area contributed by atoms with Gasteiger partial charge in [-0.05, 0) is 41.8 Å². The number of benzene rings is 2. The Morgan fingerprint density at radius 3 is 2.57 bits per heavy atom. The third kappa shape index (κ3) is 4.01. The average Bonchev–Trinajstić information content (AvgIpc) is 3.44. The lowest BCUT2D eigenvalue weighted by Gasteiger charge is -2.04. The number of para-hydroxylation sites is 1. The Bertz CT molecular complexity index is 1210. The van der Waals surface area contributed by atoms with Gasteiger partial charge in [0, 0.05) is 0 Å². The van der Waals surface area contributed by atoms with Crippen LogP contribution in [0.15, 0.2) is 66.0 Å². The number of nitrogens with zero attached hydrogens (tertiary/aromatic N) is 3. The van der Waals surface area contributed by atoms with Gasteiger partial charge in [0.1, 0.15) is 11.6 Å². The molecule has 30 heavy (non-hydrogen) atoms. The van der Waals surface area contributed by atoms with E-state index in [9.17, 15) is 18.4 Å². The Balaban J connectivity index is 1.57. The van der Waals surface area contributed by atoms with E-state index in [1.807, 2.05) is 35.7 Å². The lowest BCUT2D eigenvalue weighted by atomic mass is 10.1. The van der Waals surface area contributed by atoms with Gasteiger partial charge >= 0.3 is 5.97 Å². The number of rotatable bonds is 6. The van der Waals surface area contributed by atoms with Crippen molar-refractivity contribution < 1.29 is 23.1 Å². The summed E-state index contributed by atoms with van der Waals surface area (Å²) in [6.45, 7) is -0.770. The number of Topliss-reactive ketones (excluding diaryl/α,β-unsaturated/α-hetero) is 1. The summed E-state index contributed by atoms with van der Waals surface area (Å²) < 4.78 is 33.4. The van der Waals surface area contributed by atoms with E-state index in [1.54, 1.807) is 12.1 Å². The second-order valence-corrected chi connectivity index (χ2v) is 7.05. The van der Waals surface area contributed by atoms with Crippen molar-refractivity contribution in [3.63, 3.8) is 0 Å². The second-order valence-electron chi connectivity index (χ2n) is 6.11. The van der Waals surface area contributed by atoms with Gasteiger partial charge in [-0.2, -0.15) is 4.98 Å². The highest BCUT2D eigenvalue weighted by atomic mass is 32.1. The summed E-state index contributed by atoms with van der Waals surface area (Å²) in [6.07, 6.45) is 0. The van der Waals surface area contributed by atoms with Crippen LogP contribution in [0.4, 0.5) is 8.78 Å². The molecule has 2 aromatic carbocycles. The third-order valence-electron chi connectivity index (χ3n) is 4.10. The molecule has 150 valence electrons. The zero-order valence-corrected chi connectivity index (χ0v) is 16.1. The fraction of sp³-hybridized carbons (Fsp3) is 0.0476. The number of hydrogen-bond donors (Lipinski definition) is 0. The van der Waals surface area contributed by atoms with Crippen LogP contribution in [0, 0.1) is 11.6 Å². The Kier molecular flexibility index (Phi) is 5.44. The van der Waals surface area contributed by atoms with E-state index < -0.39 is 35.6 Å². The number of halogens is 2. The van der Waals surface area contributed by atoms with Gasteiger partial charge in [-0.25, -0.2) is 18.3 Å². The van der Waals surface area contributed by atoms with Crippen LogP contribution in [-0.2, 0) is 4.74 Å². The molecule has 4 rings (SSSR count). The highest BCUT2D eigenvalue weighted by Crippen LogP contribution is 2.25. The Hall–Kier alpha value is -3.72. The number of esters is 1. The van der Waals surface area contributed by atoms with E-state index in [0.29, 0.717) is 11.5 Å². The van der Waals surface area contributed by atoms with E-state index in [0.717, 1.165) is 23.1 Å². The minimum Gasteiger partial charge on any atom is -0.451 e. The molecule has 0 amide bonds. The first-order chi connectivity index (χ1) is 14.5. The molecule has 0 aliphatic heterocycles. The highest BCUT2D eigenvalue weighted by molar-refractivity contribution is 7.13. The largest absolute Gasteiger partial charge is 0.451 e. The van der Waals surface area contributed by atoms with E-state index in [1.165, 1.54) is 16.0 Å². The Labute approximate surface area is 173 Å². The summed E-state index contributed by atoms with van der Waals surface area (Å²) in [7, 11) is 0. The standard InChI is InChI=1S/C21H13F2N3O3S/c22-13-8-9-16(23)15(11-13)17(27)12-29-21(28)19-24-20(18-7-4-10-30-18)26(25-19)14-5-2-1-3-6-14/h1-11H,12H2. The topological polar surface area (TPSA) is 74.1 Å². The van der Waals surface area contributed by atoms with Gasteiger partial charge < -0.3 is 4.74 Å². The summed E-state index contributed by atoms with van der Waals surface area (Å²) in [5.41, 5.74) is 0.190. The zero-order valence-electron chi connectivity index (χ0n) is 15.3. The molecule has 0 saturated carbocycles. The number of aromatic nitrogens is 3. The molecule has 6 nitrogen and oxygen atoms in total. The minimum absolute atomic E-state index is 0.255. The number of thiophene rings is 1. The van der Waals surface area contributed by atoms with Crippen molar-refractivity contribution >= 4 is 23.1 Å². The maximum Gasteiger partial charge on any atom is 0.378 e. The van der Waals surface area contributed by atoms with Crippen LogP contribution < -0.4 is 0 Å². The van der Waals surface area contributed by atoms with Gasteiger partial charge in [0.15, 0.2) is 12.4 Å². The number of ether oxygens (including phenoxy) is 1. The van der Waals surface area contributed by atoms with Gasteiger partial charge in [-0.3, -0.25) is 4.79 Å². The minimum atomic E-state index is -0.951. The molecule has 0 aliphatic carbocycles. The summed E-state index contributed by atoms with van der Waals surface area (Å²) in [5, 5.41) is 6.08. The Morgan fingerprint density at radius 2 is 1.83 bits per heavy atom. The van der Waals surface area contributed by atoms with Gasteiger partial charge in [-0.15, -0.1) is 16.4 Å². The van der Waals surface area contributed by atoms with Crippen LogP contribution in [0.3, 0.4) is 0 Å². The molecule has 0 N–H and O–H groups in total. The van der Waals surface area contributed by atoms with E-state index >= 15 is 0 Å². The molecule has 9 heteroatoms. The van der Waals surface area contributed by atoms with Crippen molar-refractivity contribution in [3.05, 3.63) is 89.1 Å². The SMILES string of the molecule is O=C(OCC(=O)c1cc(F)ccc1F)c1nc(-c2cccs2)n(-c2ccccc2)n1. The average molecular weight is 425 g/mol. The van der Waals surface area contributed by atoms with Crippen molar-refractivity contribution in [2.75, 3.05) is 6.61 Å². The maximum absolute atomic E-state index is 13.7. The van der Waals surface area contributed by atoms with Crippen molar-refractivity contribution in [2.45, 2.75) is 0 Å². The summed E-state index contributed by atoms with van der Waals surface area (Å²) >= 11 is 1.42. The van der Waals surface area contributed by atoms with Gasteiger partial charge in [0.05, 0.1) is 16.1 Å². The lowest BCUT2D eigenvalue weighted by molar-refractivity contribution is 0.0461. The monoisotopic (exact) mass is 425 g/mol. The highest BCUT2D eigenvalue weighted by Gasteiger charge is 2.22. The normalized spacial score (nSPS) is 10.7. The van der Waals surface area contributed by atoms with Crippen LogP contribution in [0.2, 0.25) is 0 Å². The van der Waals surface area contributed by atoms with Crippen LogP contribution in [0.25, 0.3) is 16.4 Å². The fourth-order valence-corrected chi connectivity index (χ4v) is 3.40. The first-order valence-corrected chi connectivity index (χ1v) is 9.62. The van der Waals surface area contributed by atoms with Crippen molar-refractivity contribution in [1.29, 1.82) is 0 Å². The first-order valence-electron chi connectivity index (χ1n) is 8.74. The summed E-state index contributed by atoms with van der Waals surface area (Å²) in [5.74, 6) is -3.31. The van der Waals surface area contributed by atoms with Gasteiger partial charge in [0.2, 0.25) is 5.78 Å². The first kappa shape index (κ1) is 19.6. The molecular weight excluding hydrogens is 412 g/mol. The summed E-state index contributed by atoms with van der Waals surface area (Å²) in [4.78, 5) is 29.6. The number of ketones is 1. The van der Waals surface area contributed by atoms with E-state index in [-0.39, 0.29) is 5.82 Å². The van der Waals surface area contributed by atoms with Gasteiger partial charge in [-0.1, -0.05) is 24.3 Å². The lowest BCUT2D eigenvalue weighted by Crippen LogP contribution is -2.16. The van der Waals surface area contributed by atoms with Crippen LogP contribution in [0.1, 0.15) is 21.0 Å². The quantitative estimate of drug-likeness (QED) is 0.340. The Morgan fingerprint density at radius 1 is 1.03 bits per heavy atom. The van der Waals surface area contributed by atoms with Crippen LogP contribution in [-0.4, -0.2) is 33.1 Å². The molecule has 0 unspecified atom stereocenters. The second kappa shape index (κ2) is 8.34. The predicted octanol–water partition coefficient (Wildman–Crippen LogP) is 4.31. The fourth-order valence-electron chi connectivity index (χ4n) is 2.70. The molecule has 0 aliphatic rings. The molecular formula is C21H13F2N3O3S. The van der Waals surface area contributed by atoms with Crippen molar-refractivity contribution in [3.8, 4) is 16.4 Å². The molecule has 2 heterocycles. The van der Waals surface area contributed by atoms with E-state index in [4.69, 9.17) is 4.74 Å². The molecule has 0 radical (unpaired) electrons. The maximum atomic E-state index is 13.7. The number of carbonyl (C=O) groups is 2. The van der Waals surface area contributed by atoms with Crippen LogP contribution >= 0.6 is 11.3 Å². The predicted molar refractivity (Wildman–Crippen MR) is 106 cm³/mol. The number of carbonyl (C=O) groups excluding carboxylic acids is 2. The van der Waals surface area contributed by atoms with Crippen LogP contribution in [0.5, 0.6) is 0 Å².